The molecule has 0 aliphatic heterocycles. The molecule has 72 valence electrons. The fourth-order valence-corrected chi connectivity index (χ4v) is 1.39. The normalized spacial score (nSPS) is 15.2. The van der Waals surface area contributed by atoms with Gasteiger partial charge in [-0.1, -0.05) is 29.8 Å². The third-order valence-corrected chi connectivity index (χ3v) is 2.49. The van der Waals surface area contributed by atoms with Gasteiger partial charge in [-0.2, -0.15) is 0 Å². The van der Waals surface area contributed by atoms with Crippen LogP contribution in [-0.2, 0) is 6.54 Å². The molecule has 0 bridgehead atoms. The Balaban J connectivity index is 0.000000845. The Bertz CT molecular complexity index is 271. The number of benzene rings is 1. The molecule has 0 unspecified atom stereocenters. The molecule has 0 saturated heterocycles. The van der Waals surface area contributed by atoms with Crippen molar-refractivity contribution in [3.63, 3.8) is 0 Å². The fraction of sp³-hybridized carbons (Fsp3) is 0.400. The molecule has 13 heavy (non-hydrogen) atoms. The number of hydrogen-bond donors (Lipinski definition) is 1. The zero-order valence-corrected chi connectivity index (χ0v) is 8.87. The summed E-state index contributed by atoms with van der Waals surface area (Å²) in [5.74, 6) is 0. The molecule has 0 aromatic heterocycles. The summed E-state index contributed by atoms with van der Waals surface area (Å²) < 4.78 is 0. The second-order valence-corrected chi connectivity index (χ2v) is 3.65. The van der Waals surface area contributed by atoms with Crippen LogP contribution in [0.15, 0.2) is 24.3 Å². The first kappa shape index (κ1) is 10.8. The highest BCUT2D eigenvalue weighted by Crippen LogP contribution is 2.21. The molecule has 1 aromatic carbocycles. The van der Waals surface area contributed by atoms with Crippen molar-refractivity contribution in [2.45, 2.75) is 25.4 Å². The van der Waals surface area contributed by atoms with Crippen molar-refractivity contribution in [1.82, 2.24) is 5.32 Å². The summed E-state index contributed by atoms with van der Waals surface area (Å²) in [6.45, 7) is 0.907. The highest BCUT2D eigenvalue weighted by molar-refractivity contribution is 6.31. The highest BCUT2D eigenvalue weighted by atomic mass is 35.5. The maximum Gasteiger partial charge on any atom is 0.0450 e. The molecule has 0 heterocycles. The quantitative estimate of drug-likeness (QED) is 0.822. The summed E-state index contributed by atoms with van der Waals surface area (Å²) in [7, 11) is 0. The SMILES string of the molecule is Cl.Clc1ccccc1CNC1CC1. The van der Waals surface area contributed by atoms with Gasteiger partial charge in [0.25, 0.3) is 0 Å². The minimum absolute atomic E-state index is 0. The van der Waals surface area contributed by atoms with E-state index in [1.54, 1.807) is 0 Å². The van der Waals surface area contributed by atoms with Gasteiger partial charge in [-0.25, -0.2) is 0 Å². The standard InChI is InChI=1S/C10H12ClN.ClH/c11-10-4-2-1-3-8(10)7-12-9-5-6-9;/h1-4,9,12H,5-7H2;1H. The number of hydrogen-bond acceptors (Lipinski definition) is 1. The van der Waals surface area contributed by atoms with Crippen LogP contribution in [0.5, 0.6) is 0 Å². The smallest absolute Gasteiger partial charge is 0.0450 e. The molecule has 2 rings (SSSR count). The lowest BCUT2D eigenvalue weighted by Crippen LogP contribution is -2.15. The number of rotatable bonds is 3. The van der Waals surface area contributed by atoms with Crippen LogP contribution in [0.2, 0.25) is 5.02 Å². The average Bonchev–Trinajstić information content (AvgIpc) is 2.86. The number of halogens is 2. The van der Waals surface area contributed by atoms with E-state index < -0.39 is 0 Å². The van der Waals surface area contributed by atoms with E-state index in [2.05, 4.69) is 11.4 Å². The second-order valence-electron chi connectivity index (χ2n) is 3.25. The third-order valence-electron chi connectivity index (χ3n) is 2.12. The predicted octanol–water partition coefficient (Wildman–Crippen LogP) is 3.01. The summed E-state index contributed by atoms with van der Waals surface area (Å²) in [6, 6.07) is 8.74. The molecule has 1 saturated carbocycles. The van der Waals surface area contributed by atoms with Crippen LogP contribution in [0, 0.1) is 0 Å². The molecule has 3 heteroatoms. The molecule has 1 N–H and O–H groups in total. The van der Waals surface area contributed by atoms with Crippen LogP contribution < -0.4 is 5.32 Å². The van der Waals surface area contributed by atoms with Gasteiger partial charge in [0, 0.05) is 17.6 Å². The zero-order chi connectivity index (χ0) is 8.39. The van der Waals surface area contributed by atoms with Gasteiger partial charge in [-0.05, 0) is 24.5 Å². The monoisotopic (exact) mass is 217 g/mol. The van der Waals surface area contributed by atoms with E-state index >= 15 is 0 Å². The molecular formula is C10H13Cl2N. The van der Waals surface area contributed by atoms with Gasteiger partial charge in [0.15, 0.2) is 0 Å². The van der Waals surface area contributed by atoms with Gasteiger partial charge in [-0.15, -0.1) is 12.4 Å². The van der Waals surface area contributed by atoms with Gasteiger partial charge < -0.3 is 5.32 Å². The van der Waals surface area contributed by atoms with Crippen molar-refractivity contribution in [3.05, 3.63) is 34.9 Å². The lowest BCUT2D eigenvalue weighted by atomic mass is 10.2. The Morgan fingerprint density at radius 2 is 2.00 bits per heavy atom. The summed E-state index contributed by atoms with van der Waals surface area (Å²) in [5, 5.41) is 4.30. The van der Waals surface area contributed by atoms with E-state index in [1.165, 1.54) is 18.4 Å². The molecule has 1 aliphatic carbocycles. The Hall–Kier alpha value is -0.240. The Labute approximate surface area is 89.9 Å². The minimum atomic E-state index is 0. The van der Waals surface area contributed by atoms with Gasteiger partial charge in [0.2, 0.25) is 0 Å². The molecule has 1 aliphatic rings. The van der Waals surface area contributed by atoms with Crippen LogP contribution in [-0.4, -0.2) is 6.04 Å². The first-order valence-electron chi connectivity index (χ1n) is 4.33. The zero-order valence-electron chi connectivity index (χ0n) is 7.29. The number of nitrogens with one attached hydrogen (secondary N) is 1. The molecule has 0 spiro atoms. The van der Waals surface area contributed by atoms with Gasteiger partial charge in [0.05, 0.1) is 0 Å². The van der Waals surface area contributed by atoms with Crippen LogP contribution in [0.25, 0.3) is 0 Å². The topological polar surface area (TPSA) is 12.0 Å². The first-order chi connectivity index (χ1) is 5.86. The van der Waals surface area contributed by atoms with Gasteiger partial charge in [0.1, 0.15) is 0 Å². The van der Waals surface area contributed by atoms with E-state index in [0.29, 0.717) is 0 Å². The van der Waals surface area contributed by atoms with Crippen molar-refractivity contribution in [2.24, 2.45) is 0 Å². The van der Waals surface area contributed by atoms with Gasteiger partial charge in [-0.3, -0.25) is 0 Å². The summed E-state index contributed by atoms with van der Waals surface area (Å²) in [6.07, 6.45) is 2.65. The summed E-state index contributed by atoms with van der Waals surface area (Å²) in [4.78, 5) is 0. The van der Waals surface area contributed by atoms with E-state index in [9.17, 15) is 0 Å². The minimum Gasteiger partial charge on any atom is -0.310 e. The van der Waals surface area contributed by atoms with Crippen LogP contribution >= 0.6 is 24.0 Å². The largest absolute Gasteiger partial charge is 0.310 e. The molecule has 0 amide bonds. The van der Waals surface area contributed by atoms with E-state index in [4.69, 9.17) is 11.6 Å². The average molecular weight is 218 g/mol. The van der Waals surface area contributed by atoms with Crippen LogP contribution in [0.4, 0.5) is 0 Å². The Morgan fingerprint density at radius 1 is 1.31 bits per heavy atom. The molecule has 1 aromatic rings. The fourth-order valence-electron chi connectivity index (χ4n) is 1.18. The van der Waals surface area contributed by atoms with E-state index in [1.807, 2.05) is 18.2 Å². The van der Waals surface area contributed by atoms with Crippen LogP contribution in [0.1, 0.15) is 18.4 Å². The van der Waals surface area contributed by atoms with E-state index in [0.717, 1.165) is 17.6 Å². The Morgan fingerprint density at radius 3 is 2.62 bits per heavy atom. The van der Waals surface area contributed by atoms with Crippen molar-refractivity contribution >= 4 is 24.0 Å². The van der Waals surface area contributed by atoms with Crippen LogP contribution in [0.3, 0.4) is 0 Å². The van der Waals surface area contributed by atoms with Crippen molar-refractivity contribution in [1.29, 1.82) is 0 Å². The van der Waals surface area contributed by atoms with Gasteiger partial charge >= 0.3 is 0 Å². The second kappa shape index (κ2) is 4.85. The highest BCUT2D eigenvalue weighted by Gasteiger charge is 2.20. The summed E-state index contributed by atoms with van der Waals surface area (Å²) in [5.41, 5.74) is 1.20. The molecule has 0 atom stereocenters. The van der Waals surface area contributed by atoms with Crippen molar-refractivity contribution in [3.8, 4) is 0 Å². The molecule has 1 fully saturated rings. The third kappa shape index (κ3) is 3.18. The lowest BCUT2D eigenvalue weighted by Gasteiger charge is -2.04. The maximum absolute atomic E-state index is 5.99. The lowest BCUT2D eigenvalue weighted by molar-refractivity contribution is 0.688. The van der Waals surface area contributed by atoms with Crippen molar-refractivity contribution < 1.29 is 0 Å². The summed E-state index contributed by atoms with van der Waals surface area (Å²) >= 11 is 5.99. The molecular weight excluding hydrogens is 205 g/mol. The Kier molecular flexibility index (Phi) is 4.04. The maximum atomic E-state index is 5.99. The predicted molar refractivity (Wildman–Crippen MR) is 58.6 cm³/mol. The first-order valence-corrected chi connectivity index (χ1v) is 4.71. The van der Waals surface area contributed by atoms with Crippen molar-refractivity contribution in [2.75, 3.05) is 0 Å². The van der Waals surface area contributed by atoms with E-state index in [-0.39, 0.29) is 12.4 Å². The molecule has 0 radical (unpaired) electrons. The molecule has 1 nitrogen and oxygen atoms in total.